The summed E-state index contributed by atoms with van der Waals surface area (Å²) in [6.07, 6.45) is 1.24. The van der Waals surface area contributed by atoms with E-state index in [1.165, 1.54) is 4.88 Å². The van der Waals surface area contributed by atoms with Crippen LogP contribution < -0.4 is 5.32 Å². The average molecular weight is 346 g/mol. The van der Waals surface area contributed by atoms with Crippen molar-refractivity contribution in [1.29, 1.82) is 0 Å². The first-order valence-electron chi connectivity index (χ1n) is 8.16. The number of hydrogen-bond donors (Lipinski definition) is 1. The van der Waals surface area contributed by atoms with Gasteiger partial charge < -0.3 is 14.6 Å². The summed E-state index contributed by atoms with van der Waals surface area (Å²) in [4.78, 5) is 25.6. The predicted octanol–water partition coefficient (Wildman–Crippen LogP) is 3.04. The topological polar surface area (TPSA) is 60.3 Å². The number of rotatable bonds is 6. The first-order chi connectivity index (χ1) is 11.5. The lowest BCUT2D eigenvalue weighted by Gasteiger charge is -2.13. The number of amides is 1. The third kappa shape index (κ3) is 3.70. The van der Waals surface area contributed by atoms with E-state index >= 15 is 0 Å². The summed E-state index contributed by atoms with van der Waals surface area (Å²) in [5.41, 5.74) is 2.39. The molecule has 0 unspecified atom stereocenters. The van der Waals surface area contributed by atoms with Crippen molar-refractivity contribution in [1.82, 2.24) is 9.88 Å². The maximum atomic E-state index is 12.4. The zero-order chi connectivity index (χ0) is 17.3. The first kappa shape index (κ1) is 16.8. The Balaban J connectivity index is 1.69. The second kappa shape index (κ2) is 6.81. The molecule has 1 N–H and O–H groups in total. The van der Waals surface area contributed by atoms with Crippen molar-refractivity contribution in [3.63, 3.8) is 0 Å². The minimum atomic E-state index is -0.779. The number of nitrogens with zero attached hydrogens (tertiary/aromatic N) is 1. The third-order valence-electron chi connectivity index (χ3n) is 4.26. The van der Waals surface area contributed by atoms with Crippen molar-refractivity contribution in [3.05, 3.63) is 45.4 Å². The maximum absolute atomic E-state index is 12.4. The molecule has 5 nitrogen and oxygen atoms in total. The van der Waals surface area contributed by atoms with Crippen molar-refractivity contribution in [2.45, 2.75) is 52.3 Å². The Kier molecular flexibility index (Phi) is 4.76. The van der Waals surface area contributed by atoms with Crippen LogP contribution in [0.3, 0.4) is 0 Å². The van der Waals surface area contributed by atoms with Gasteiger partial charge in [0.05, 0.1) is 12.1 Å². The van der Waals surface area contributed by atoms with Crippen LogP contribution >= 0.6 is 11.3 Å². The molecule has 2 aromatic heterocycles. The Hall–Kier alpha value is -2.08. The molecule has 0 saturated heterocycles. The molecule has 0 bridgehead atoms. The highest BCUT2D eigenvalue weighted by Crippen LogP contribution is 2.21. The lowest BCUT2D eigenvalue weighted by molar-refractivity contribution is -0.129. The van der Waals surface area contributed by atoms with Gasteiger partial charge in [-0.25, -0.2) is 4.79 Å². The van der Waals surface area contributed by atoms with Gasteiger partial charge in [0.25, 0.3) is 5.91 Å². The van der Waals surface area contributed by atoms with Crippen molar-refractivity contribution >= 4 is 23.2 Å². The van der Waals surface area contributed by atoms with Crippen molar-refractivity contribution in [2.75, 3.05) is 0 Å². The molecule has 0 radical (unpaired) electrons. The van der Waals surface area contributed by atoms with E-state index in [4.69, 9.17) is 4.74 Å². The van der Waals surface area contributed by atoms with E-state index in [2.05, 4.69) is 16.0 Å². The van der Waals surface area contributed by atoms with Crippen LogP contribution in [0.25, 0.3) is 0 Å². The molecule has 1 aliphatic rings. The number of carbonyl (C=O) groups is 2. The molecule has 2 heterocycles. The molecule has 2 aromatic rings. The van der Waals surface area contributed by atoms with E-state index in [0.29, 0.717) is 5.56 Å². The molecule has 3 rings (SSSR count). The van der Waals surface area contributed by atoms with Crippen LogP contribution in [0.2, 0.25) is 0 Å². The number of aryl methyl sites for hydroxylation is 1. The van der Waals surface area contributed by atoms with E-state index < -0.39 is 12.1 Å². The van der Waals surface area contributed by atoms with E-state index in [-0.39, 0.29) is 11.9 Å². The third-order valence-corrected chi connectivity index (χ3v) is 5.13. The van der Waals surface area contributed by atoms with E-state index in [9.17, 15) is 9.59 Å². The fourth-order valence-corrected chi connectivity index (χ4v) is 3.33. The largest absolute Gasteiger partial charge is 0.449 e. The van der Waals surface area contributed by atoms with E-state index in [0.717, 1.165) is 30.8 Å². The number of nitrogens with one attached hydrogen (secondary N) is 1. The summed E-state index contributed by atoms with van der Waals surface area (Å²) in [6.45, 7) is 6.23. The Bertz CT molecular complexity index is 745. The zero-order valence-electron chi connectivity index (χ0n) is 14.2. The zero-order valence-corrected chi connectivity index (χ0v) is 15.0. The highest BCUT2D eigenvalue weighted by Gasteiger charge is 2.28. The molecular formula is C18H22N2O3S. The molecule has 1 fully saturated rings. The first-order valence-corrected chi connectivity index (χ1v) is 9.04. The van der Waals surface area contributed by atoms with Gasteiger partial charge in [0.15, 0.2) is 6.10 Å². The van der Waals surface area contributed by atoms with Gasteiger partial charge in [0, 0.05) is 22.3 Å². The Labute approximate surface area is 145 Å². The molecule has 128 valence electrons. The van der Waals surface area contributed by atoms with Gasteiger partial charge in [0.2, 0.25) is 0 Å². The molecule has 0 aliphatic heterocycles. The van der Waals surface area contributed by atoms with Crippen LogP contribution in [0.5, 0.6) is 0 Å². The number of aromatic nitrogens is 1. The number of thiophene rings is 1. The highest BCUT2D eigenvalue weighted by molar-refractivity contribution is 7.09. The lowest BCUT2D eigenvalue weighted by atomic mass is 10.2. The summed E-state index contributed by atoms with van der Waals surface area (Å²) in [5, 5.41) is 4.89. The SMILES string of the molecule is Cc1cc(C(=O)O[C@@H](C)C(=O)NC2CC2)c(C)n1Cc1cccs1. The molecule has 6 heteroatoms. The molecule has 1 amide bonds. The van der Waals surface area contributed by atoms with Crippen LogP contribution in [0, 0.1) is 13.8 Å². The number of hydrogen-bond acceptors (Lipinski definition) is 4. The van der Waals surface area contributed by atoms with Crippen molar-refractivity contribution < 1.29 is 14.3 Å². The standard InChI is InChI=1S/C18H22N2O3S/c1-11-9-16(12(2)20(11)10-15-5-4-8-24-15)18(22)23-13(3)17(21)19-14-6-7-14/h4-5,8-9,13-14H,6-7,10H2,1-3H3,(H,19,21)/t13-/m0/s1. The monoisotopic (exact) mass is 346 g/mol. The van der Waals surface area contributed by atoms with Crippen LogP contribution in [-0.2, 0) is 16.1 Å². The second-order valence-electron chi connectivity index (χ2n) is 6.28. The fourth-order valence-electron chi connectivity index (χ4n) is 2.63. The van der Waals surface area contributed by atoms with Crippen LogP contribution in [0.4, 0.5) is 0 Å². The van der Waals surface area contributed by atoms with Crippen molar-refractivity contribution in [2.24, 2.45) is 0 Å². The summed E-state index contributed by atoms with van der Waals surface area (Å²) in [7, 11) is 0. The number of esters is 1. The molecular weight excluding hydrogens is 324 g/mol. The Morgan fingerprint density at radius 1 is 1.42 bits per heavy atom. The molecule has 1 aliphatic carbocycles. The predicted molar refractivity (Wildman–Crippen MR) is 93.4 cm³/mol. The second-order valence-corrected chi connectivity index (χ2v) is 7.31. The van der Waals surface area contributed by atoms with Crippen LogP contribution in [0.1, 0.15) is 46.4 Å². The maximum Gasteiger partial charge on any atom is 0.340 e. The smallest absolute Gasteiger partial charge is 0.340 e. The quantitative estimate of drug-likeness (QED) is 0.818. The van der Waals surface area contributed by atoms with E-state index in [1.54, 1.807) is 18.3 Å². The molecule has 0 aromatic carbocycles. The van der Waals surface area contributed by atoms with Gasteiger partial charge in [-0.15, -0.1) is 11.3 Å². The van der Waals surface area contributed by atoms with Gasteiger partial charge in [-0.05, 0) is 51.1 Å². The normalized spacial score (nSPS) is 15.1. The minimum Gasteiger partial charge on any atom is -0.449 e. The molecule has 0 spiro atoms. The van der Waals surface area contributed by atoms with Crippen molar-refractivity contribution in [3.8, 4) is 0 Å². The lowest BCUT2D eigenvalue weighted by Crippen LogP contribution is -2.37. The van der Waals surface area contributed by atoms with Gasteiger partial charge in [0.1, 0.15) is 0 Å². The molecule has 1 atom stereocenters. The average Bonchev–Trinajstić information content (AvgIpc) is 3.11. The van der Waals surface area contributed by atoms with Crippen LogP contribution in [0.15, 0.2) is 23.6 Å². The van der Waals surface area contributed by atoms with E-state index in [1.807, 2.05) is 31.4 Å². The number of carbonyl (C=O) groups excluding carboxylic acids is 2. The van der Waals surface area contributed by atoms with Gasteiger partial charge >= 0.3 is 5.97 Å². The molecule has 24 heavy (non-hydrogen) atoms. The molecule has 1 saturated carbocycles. The van der Waals surface area contributed by atoms with Crippen LogP contribution in [-0.4, -0.2) is 28.6 Å². The Morgan fingerprint density at radius 2 is 2.17 bits per heavy atom. The summed E-state index contributed by atoms with van der Waals surface area (Å²) in [5.74, 6) is -0.669. The highest BCUT2D eigenvalue weighted by atomic mass is 32.1. The fraction of sp³-hybridized carbons (Fsp3) is 0.444. The Morgan fingerprint density at radius 3 is 2.79 bits per heavy atom. The minimum absolute atomic E-state index is 0.224. The van der Waals surface area contributed by atoms with Gasteiger partial charge in [-0.3, -0.25) is 4.79 Å². The van der Waals surface area contributed by atoms with Gasteiger partial charge in [-0.2, -0.15) is 0 Å². The summed E-state index contributed by atoms with van der Waals surface area (Å²) >= 11 is 1.69. The number of ether oxygens (including phenoxy) is 1. The van der Waals surface area contributed by atoms with Gasteiger partial charge in [-0.1, -0.05) is 6.07 Å². The summed E-state index contributed by atoms with van der Waals surface area (Å²) < 4.78 is 7.44. The summed E-state index contributed by atoms with van der Waals surface area (Å²) in [6, 6.07) is 6.18.